The van der Waals surface area contributed by atoms with E-state index in [4.69, 9.17) is 4.74 Å². The summed E-state index contributed by atoms with van der Waals surface area (Å²) in [5.41, 5.74) is 2.85. The monoisotopic (exact) mass is 329 g/mol. The number of ether oxygens (including phenoxy) is 1. The standard InChI is InChI=1S/C17H23N5O2/c1-21-14(5-7-19-21)16-12(6-8-24-16)9-18-17(23)13-10-20-22(2)15(13)11-3-4-11/h5,7,10-12,16H,3-4,6,8-9H2,1-2H3,(H,18,23)/t12-,16+/m0/s1. The molecule has 1 saturated heterocycles. The van der Waals surface area contributed by atoms with Crippen molar-refractivity contribution in [3.05, 3.63) is 35.4 Å². The predicted octanol–water partition coefficient (Wildman–Crippen LogP) is 1.54. The molecule has 0 unspecified atom stereocenters. The Balaban J connectivity index is 1.43. The molecule has 2 atom stereocenters. The predicted molar refractivity (Wildman–Crippen MR) is 87.5 cm³/mol. The number of nitrogens with one attached hydrogen (secondary N) is 1. The molecule has 2 aromatic heterocycles. The van der Waals surface area contributed by atoms with Crippen molar-refractivity contribution in [2.45, 2.75) is 31.3 Å². The first kappa shape index (κ1) is 15.4. The molecule has 1 N–H and O–H groups in total. The van der Waals surface area contributed by atoms with E-state index in [9.17, 15) is 4.79 Å². The van der Waals surface area contributed by atoms with Crippen molar-refractivity contribution in [3.8, 4) is 0 Å². The smallest absolute Gasteiger partial charge is 0.254 e. The summed E-state index contributed by atoms with van der Waals surface area (Å²) in [6, 6.07) is 1.98. The first-order valence-corrected chi connectivity index (χ1v) is 8.54. The normalized spacial score (nSPS) is 23.6. The van der Waals surface area contributed by atoms with Gasteiger partial charge in [-0.2, -0.15) is 10.2 Å². The van der Waals surface area contributed by atoms with Crippen LogP contribution in [0.3, 0.4) is 0 Å². The van der Waals surface area contributed by atoms with Crippen molar-refractivity contribution in [1.29, 1.82) is 0 Å². The molecular weight excluding hydrogens is 306 g/mol. The third kappa shape index (κ3) is 2.73. The van der Waals surface area contributed by atoms with Gasteiger partial charge in [0.25, 0.3) is 5.91 Å². The minimum atomic E-state index is -0.0272. The summed E-state index contributed by atoms with van der Waals surface area (Å²) in [6.45, 7) is 1.32. The molecule has 1 aliphatic heterocycles. The Morgan fingerprint density at radius 2 is 2.12 bits per heavy atom. The van der Waals surface area contributed by atoms with Gasteiger partial charge < -0.3 is 10.1 Å². The summed E-state index contributed by atoms with van der Waals surface area (Å²) in [5, 5.41) is 11.6. The second-order valence-corrected chi connectivity index (χ2v) is 6.77. The van der Waals surface area contributed by atoms with Crippen LogP contribution in [0.4, 0.5) is 0 Å². The lowest BCUT2D eigenvalue weighted by Crippen LogP contribution is -2.31. The van der Waals surface area contributed by atoms with E-state index in [0.29, 0.717) is 12.5 Å². The van der Waals surface area contributed by atoms with Crippen molar-refractivity contribution in [1.82, 2.24) is 24.9 Å². The molecular formula is C17H23N5O2. The average molecular weight is 329 g/mol. The van der Waals surface area contributed by atoms with Crippen molar-refractivity contribution >= 4 is 5.91 Å². The van der Waals surface area contributed by atoms with Crippen LogP contribution in [-0.4, -0.2) is 38.6 Å². The zero-order chi connectivity index (χ0) is 16.7. The van der Waals surface area contributed by atoms with Gasteiger partial charge >= 0.3 is 0 Å². The third-order valence-electron chi connectivity index (χ3n) is 5.08. The number of aryl methyl sites for hydroxylation is 2. The Hall–Kier alpha value is -2.15. The van der Waals surface area contributed by atoms with Gasteiger partial charge in [-0.15, -0.1) is 0 Å². The molecule has 3 heterocycles. The van der Waals surface area contributed by atoms with Crippen LogP contribution in [0.25, 0.3) is 0 Å². The summed E-state index contributed by atoms with van der Waals surface area (Å²) in [4.78, 5) is 12.6. The number of aromatic nitrogens is 4. The van der Waals surface area contributed by atoms with Gasteiger partial charge in [-0.25, -0.2) is 0 Å². The van der Waals surface area contributed by atoms with Crippen LogP contribution >= 0.6 is 0 Å². The Morgan fingerprint density at radius 3 is 2.83 bits per heavy atom. The molecule has 128 valence electrons. The highest BCUT2D eigenvalue weighted by molar-refractivity contribution is 5.95. The Morgan fingerprint density at radius 1 is 1.29 bits per heavy atom. The number of amides is 1. The number of carbonyl (C=O) groups excluding carboxylic acids is 1. The lowest BCUT2D eigenvalue weighted by atomic mass is 9.98. The Bertz CT molecular complexity index is 746. The quantitative estimate of drug-likeness (QED) is 0.903. The van der Waals surface area contributed by atoms with Crippen LogP contribution in [-0.2, 0) is 18.8 Å². The molecule has 0 bridgehead atoms. The number of hydrogen-bond donors (Lipinski definition) is 1. The summed E-state index contributed by atoms with van der Waals surface area (Å²) in [5.74, 6) is 0.737. The van der Waals surface area contributed by atoms with Gasteiger partial charge in [-0.05, 0) is 25.3 Å². The van der Waals surface area contributed by atoms with E-state index < -0.39 is 0 Å². The van der Waals surface area contributed by atoms with Crippen LogP contribution in [0.1, 0.15) is 53.0 Å². The van der Waals surface area contributed by atoms with Gasteiger partial charge in [-0.3, -0.25) is 14.2 Å². The molecule has 0 aromatic carbocycles. The third-order valence-corrected chi connectivity index (χ3v) is 5.08. The maximum atomic E-state index is 12.6. The lowest BCUT2D eigenvalue weighted by molar-refractivity contribution is 0.0800. The zero-order valence-electron chi connectivity index (χ0n) is 14.1. The van der Waals surface area contributed by atoms with E-state index in [1.807, 2.05) is 29.5 Å². The van der Waals surface area contributed by atoms with E-state index in [0.717, 1.165) is 42.8 Å². The van der Waals surface area contributed by atoms with Gasteiger partial charge in [0.2, 0.25) is 0 Å². The average Bonchev–Trinajstić information content (AvgIpc) is 2.95. The first-order valence-electron chi connectivity index (χ1n) is 8.54. The number of nitrogens with zero attached hydrogens (tertiary/aromatic N) is 4. The van der Waals surface area contributed by atoms with Gasteiger partial charge in [0.1, 0.15) is 6.10 Å². The summed E-state index contributed by atoms with van der Waals surface area (Å²) >= 11 is 0. The maximum absolute atomic E-state index is 12.6. The van der Waals surface area contributed by atoms with Crippen LogP contribution in [0, 0.1) is 5.92 Å². The zero-order valence-corrected chi connectivity index (χ0v) is 14.1. The topological polar surface area (TPSA) is 74.0 Å². The van der Waals surface area contributed by atoms with Gasteiger partial charge in [-0.1, -0.05) is 0 Å². The number of hydrogen-bond acceptors (Lipinski definition) is 4. The molecule has 1 saturated carbocycles. The molecule has 2 aliphatic rings. The van der Waals surface area contributed by atoms with Crippen LogP contribution in [0.2, 0.25) is 0 Å². The largest absolute Gasteiger partial charge is 0.372 e. The van der Waals surface area contributed by atoms with Crippen molar-refractivity contribution in [3.63, 3.8) is 0 Å². The van der Waals surface area contributed by atoms with Gasteiger partial charge in [0, 0.05) is 45.3 Å². The molecule has 24 heavy (non-hydrogen) atoms. The van der Waals surface area contributed by atoms with Gasteiger partial charge in [0.05, 0.1) is 23.1 Å². The number of carbonyl (C=O) groups is 1. The van der Waals surface area contributed by atoms with Crippen molar-refractivity contribution in [2.24, 2.45) is 20.0 Å². The summed E-state index contributed by atoms with van der Waals surface area (Å²) in [6.07, 6.45) is 6.71. The van der Waals surface area contributed by atoms with Crippen molar-refractivity contribution in [2.75, 3.05) is 13.2 Å². The summed E-state index contributed by atoms with van der Waals surface area (Å²) < 4.78 is 9.56. The fourth-order valence-corrected chi connectivity index (χ4v) is 3.61. The van der Waals surface area contributed by atoms with E-state index in [2.05, 4.69) is 15.5 Å². The molecule has 1 aliphatic carbocycles. The minimum absolute atomic E-state index is 0.00500. The fraction of sp³-hybridized carbons (Fsp3) is 0.588. The molecule has 4 rings (SSSR count). The minimum Gasteiger partial charge on any atom is -0.372 e. The first-order chi connectivity index (χ1) is 11.6. The molecule has 7 nitrogen and oxygen atoms in total. The Labute approximate surface area is 141 Å². The maximum Gasteiger partial charge on any atom is 0.254 e. The second kappa shape index (κ2) is 6.05. The van der Waals surface area contributed by atoms with E-state index in [1.165, 1.54) is 0 Å². The van der Waals surface area contributed by atoms with E-state index >= 15 is 0 Å². The highest BCUT2D eigenvalue weighted by Crippen LogP contribution is 2.41. The van der Waals surface area contributed by atoms with Crippen LogP contribution in [0.15, 0.2) is 18.5 Å². The molecule has 0 spiro atoms. The SMILES string of the molecule is Cn1nccc1[C@@H]1OCC[C@H]1CNC(=O)c1cnn(C)c1C1CC1. The number of rotatable bonds is 5. The van der Waals surface area contributed by atoms with E-state index in [1.54, 1.807) is 12.4 Å². The molecule has 2 fully saturated rings. The molecule has 7 heteroatoms. The molecule has 2 aromatic rings. The highest BCUT2D eigenvalue weighted by atomic mass is 16.5. The van der Waals surface area contributed by atoms with Crippen molar-refractivity contribution < 1.29 is 9.53 Å². The molecule has 0 radical (unpaired) electrons. The summed E-state index contributed by atoms with van der Waals surface area (Å²) in [7, 11) is 3.83. The second-order valence-electron chi connectivity index (χ2n) is 6.77. The molecule has 1 amide bonds. The Kier molecular flexibility index (Phi) is 3.88. The fourth-order valence-electron chi connectivity index (χ4n) is 3.61. The van der Waals surface area contributed by atoms with Gasteiger partial charge in [0.15, 0.2) is 0 Å². The van der Waals surface area contributed by atoms with Crippen LogP contribution in [0.5, 0.6) is 0 Å². The van der Waals surface area contributed by atoms with E-state index in [-0.39, 0.29) is 17.9 Å². The highest BCUT2D eigenvalue weighted by Gasteiger charge is 2.34. The van der Waals surface area contributed by atoms with Crippen LogP contribution < -0.4 is 5.32 Å². The lowest BCUT2D eigenvalue weighted by Gasteiger charge is -2.19.